The fourth-order valence-corrected chi connectivity index (χ4v) is 2.57. The molecular formula is C19H24N2O7. The van der Waals surface area contributed by atoms with Gasteiger partial charge in [-0.3, -0.25) is 9.59 Å². The first kappa shape index (κ1) is 21.1. The molecule has 0 spiro atoms. The Bertz CT molecular complexity index is 826. The van der Waals surface area contributed by atoms with Crippen LogP contribution < -0.4 is 19.5 Å². The molecule has 0 saturated carbocycles. The Morgan fingerprint density at radius 1 is 1.04 bits per heavy atom. The number of ether oxygens (including phenoxy) is 4. The third kappa shape index (κ3) is 5.15. The van der Waals surface area contributed by atoms with E-state index in [2.05, 4.69) is 10.5 Å². The van der Waals surface area contributed by atoms with Gasteiger partial charge in [0.2, 0.25) is 0 Å². The first-order valence-corrected chi connectivity index (χ1v) is 8.52. The number of amides is 1. The van der Waals surface area contributed by atoms with E-state index in [0.29, 0.717) is 39.8 Å². The van der Waals surface area contributed by atoms with Gasteiger partial charge in [0, 0.05) is 23.7 Å². The van der Waals surface area contributed by atoms with Crippen molar-refractivity contribution >= 4 is 11.9 Å². The zero-order valence-corrected chi connectivity index (χ0v) is 16.6. The van der Waals surface area contributed by atoms with E-state index in [0.717, 1.165) is 0 Å². The second kappa shape index (κ2) is 9.63. The highest BCUT2D eigenvalue weighted by Gasteiger charge is 2.16. The summed E-state index contributed by atoms with van der Waals surface area (Å²) in [6.45, 7) is 3.23. The third-order valence-corrected chi connectivity index (χ3v) is 4.13. The van der Waals surface area contributed by atoms with E-state index in [1.165, 1.54) is 21.3 Å². The number of aryl methyl sites for hydroxylation is 2. The van der Waals surface area contributed by atoms with Crippen LogP contribution in [0.25, 0.3) is 0 Å². The van der Waals surface area contributed by atoms with Crippen LogP contribution in [-0.2, 0) is 27.3 Å². The fraction of sp³-hybridized carbons (Fsp3) is 0.421. The van der Waals surface area contributed by atoms with Gasteiger partial charge in [-0.15, -0.1) is 0 Å². The van der Waals surface area contributed by atoms with E-state index in [4.69, 9.17) is 23.5 Å². The van der Waals surface area contributed by atoms with Crippen LogP contribution in [-0.4, -0.2) is 45.0 Å². The number of nitrogens with one attached hydrogen (secondary N) is 1. The van der Waals surface area contributed by atoms with Gasteiger partial charge in [-0.05, 0) is 19.9 Å². The molecule has 0 radical (unpaired) electrons. The van der Waals surface area contributed by atoms with Crippen molar-refractivity contribution in [3.8, 4) is 17.2 Å². The summed E-state index contributed by atoms with van der Waals surface area (Å²) in [5.74, 6) is 1.14. The number of hydrogen-bond donors (Lipinski definition) is 1. The maximum Gasteiger partial charge on any atom is 0.310 e. The number of esters is 1. The van der Waals surface area contributed by atoms with Gasteiger partial charge in [0.1, 0.15) is 11.5 Å². The third-order valence-electron chi connectivity index (χ3n) is 4.13. The van der Waals surface area contributed by atoms with Gasteiger partial charge in [0.05, 0.1) is 33.4 Å². The molecule has 28 heavy (non-hydrogen) atoms. The standard InChI is InChI=1S/C19H24N2O7/c1-11-14(12(2)28-21-11)7-19(23)27-10-18(22)20-9-13-6-16(25-4)17(26-5)8-15(13)24-3/h6,8H,7,9-10H2,1-5H3,(H,20,22). The highest BCUT2D eigenvalue weighted by molar-refractivity contribution is 5.81. The molecule has 0 aliphatic carbocycles. The average molecular weight is 392 g/mol. The monoisotopic (exact) mass is 392 g/mol. The topological polar surface area (TPSA) is 109 Å². The molecule has 2 rings (SSSR count). The minimum absolute atomic E-state index is 0.00204. The number of hydrogen-bond acceptors (Lipinski definition) is 8. The Hall–Kier alpha value is -3.23. The van der Waals surface area contributed by atoms with Crippen molar-refractivity contribution in [2.24, 2.45) is 0 Å². The van der Waals surface area contributed by atoms with E-state index in [1.807, 2.05) is 0 Å². The number of rotatable bonds is 9. The molecule has 0 atom stereocenters. The summed E-state index contributed by atoms with van der Waals surface area (Å²) in [6.07, 6.45) is -0.00204. The lowest BCUT2D eigenvalue weighted by molar-refractivity contribution is -0.147. The lowest BCUT2D eigenvalue weighted by Crippen LogP contribution is -2.29. The van der Waals surface area contributed by atoms with E-state index >= 15 is 0 Å². The normalized spacial score (nSPS) is 10.3. The van der Waals surface area contributed by atoms with Crippen molar-refractivity contribution in [1.29, 1.82) is 0 Å². The number of carbonyl (C=O) groups is 2. The molecule has 2 aromatic rings. The molecule has 0 fully saturated rings. The van der Waals surface area contributed by atoms with Crippen LogP contribution in [0.1, 0.15) is 22.6 Å². The van der Waals surface area contributed by atoms with Gasteiger partial charge in [-0.2, -0.15) is 0 Å². The molecule has 0 saturated heterocycles. The van der Waals surface area contributed by atoms with Crippen molar-refractivity contribution in [1.82, 2.24) is 10.5 Å². The van der Waals surface area contributed by atoms with E-state index in [1.54, 1.807) is 26.0 Å². The Balaban J connectivity index is 1.89. The Labute approximate surface area is 162 Å². The molecule has 9 heteroatoms. The molecule has 0 aliphatic rings. The zero-order valence-electron chi connectivity index (χ0n) is 16.6. The van der Waals surface area contributed by atoms with E-state index in [9.17, 15) is 9.59 Å². The SMILES string of the molecule is COc1cc(OC)c(OC)cc1CNC(=O)COC(=O)Cc1c(C)noc1C. The maximum absolute atomic E-state index is 12.0. The molecule has 1 aromatic heterocycles. The molecule has 1 heterocycles. The number of aromatic nitrogens is 1. The van der Waals surface area contributed by atoms with Gasteiger partial charge < -0.3 is 28.8 Å². The molecule has 9 nitrogen and oxygen atoms in total. The molecule has 152 valence electrons. The Kier molecular flexibility index (Phi) is 7.25. The highest BCUT2D eigenvalue weighted by atomic mass is 16.5. The first-order chi connectivity index (χ1) is 13.4. The second-order valence-electron chi connectivity index (χ2n) is 5.94. The predicted octanol–water partition coefficient (Wildman–Crippen LogP) is 1.72. The molecule has 0 bridgehead atoms. The zero-order chi connectivity index (χ0) is 20.7. The van der Waals surface area contributed by atoms with Crippen LogP contribution in [0.2, 0.25) is 0 Å². The lowest BCUT2D eigenvalue weighted by Gasteiger charge is -2.14. The second-order valence-corrected chi connectivity index (χ2v) is 5.94. The Morgan fingerprint density at radius 2 is 1.68 bits per heavy atom. The van der Waals surface area contributed by atoms with Crippen molar-refractivity contribution in [3.05, 3.63) is 34.7 Å². The van der Waals surface area contributed by atoms with Crippen molar-refractivity contribution < 1.29 is 33.1 Å². The molecule has 0 unspecified atom stereocenters. The molecular weight excluding hydrogens is 368 g/mol. The maximum atomic E-state index is 12.0. The number of carbonyl (C=O) groups excluding carboxylic acids is 2. The van der Waals surface area contributed by atoms with Crippen LogP contribution in [0.3, 0.4) is 0 Å². The quantitative estimate of drug-likeness (QED) is 0.643. The van der Waals surface area contributed by atoms with Gasteiger partial charge >= 0.3 is 5.97 Å². The summed E-state index contributed by atoms with van der Waals surface area (Å²) < 4.78 is 25.8. The van der Waals surface area contributed by atoms with Gasteiger partial charge in [0.25, 0.3) is 5.91 Å². The fourth-order valence-electron chi connectivity index (χ4n) is 2.57. The average Bonchev–Trinajstić information content (AvgIpc) is 3.01. The van der Waals surface area contributed by atoms with Gasteiger partial charge in [0.15, 0.2) is 18.1 Å². The van der Waals surface area contributed by atoms with Crippen LogP contribution in [0.4, 0.5) is 0 Å². The first-order valence-electron chi connectivity index (χ1n) is 8.52. The van der Waals surface area contributed by atoms with E-state index in [-0.39, 0.29) is 13.0 Å². The van der Waals surface area contributed by atoms with E-state index < -0.39 is 18.5 Å². The van der Waals surface area contributed by atoms with Gasteiger partial charge in [-0.25, -0.2) is 0 Å². The number of benzene rings is 1. The molecule has 1 amide bonds. The smallest absolute Gasteiger partial charge is 0.310 e. The summed E-state index contributed by atoms with van der Waals surface area (Å²) in [5.41, 5.74) is 1.98. The summed E-state index contributed by atoms with van der Waals surface area (Å²) in [7, 11) is 4.56. The minimum Gasteiger partial charge on any atom is -0.496 e. The summed E-state index contributed by atoms with van der Waals surface area (Å²) >= 11 is 0. The van der Waals surface area contributed by atoms with Gasteiger partial charge in [-0.1, -0.05) is 5.16 Å². The molecule has 1 N–H and O–H groups in total. The minimum atomic E-state index is -0.534. The molecule has 0 aliphatic heterocycles. The summed E-state index contributed by atoms with van der Waals surface area (Å²) in [6, 6.07) is 3.38. The number of methoxy groups -OCH3 is 3. The largest absolute Gasteiger partial charge is 0.496 e. The van der Waals surface area contributed by atoms with Crippen LogP contribution in [0.5, 0.6) is 17.2 Å². The predicted molar refractivity (Wildman–Crippen MR) is 98.6 cm³/mol. The summed E-state index contributed by atoms with van der Waals surface area (Å²) in [5, 5.41) is 6.45. The van der Waals surface area contributed by atoms with Crippen LogP contribution in [0.15, 0.2) is 16.7 Å². The van der Waals surface area contributed by atoms with Crippen molar-refractivity contribution in [2.45, 2.75) is 26.8 Å². The number of nitrogens with zero attached hydrogens (tertiary/aromatic N) is 1. The Morgan fingerprint density at radius 3 is 2.25 bits per heavy atom. The summed E-state index contributed by atoms with van der Waals surface area (Å²) in [4.78, 5) is 23.9. The van der Waals surface area contributed by atoms with Crippen molar-refractivity contribution in [3.63, 3.8) is 0 Å². The van der Waals surface area contributed by atoms with Crippen LogP contribution in [0, 0.1) is 13.8 Å². The van der Waals surface area contributed by atoms with Crippen molar-refractivity contribution in [2.75, 3.05) is 27.9 Å². The molecule has 1 aromatic carbocycles. The highest BCUT2D eigenvalue weighted by Crippen LogP contribution is 2.34. The van der Waals surface area contributed by atoms with Crippen LogP contribution >= 0.6 is 0 Å². The lowest BCUT2D eigenvalue weighted by atomic mass is 10.1.